The van der Waals surface area contributed by atoms with Crippen molar-refractivity contribution in [3.05, 3.63) is 0 Å². The summed E-state index contributed by atoms with van der Waals surface area (Å²) in [6.07, 6.45) is 28.0. The van der Waals surface area contributed by atoms with Gasteiger partial charge in [0.2, 0.25) is 0 Å². The van der Waals surface area contributed by atoms with Gasteiger partial charge in [-0.2, -0.15) is 0 Å². The second-order valence-corrected chi connectivity index (χ2v) is 16.9. The molecule has 0 rings (SSSR count). The van der Waals surface area contributed by atoms with E-state index in [2.05, 4.69) is 18.7 Å². The van der Waals surface area contributed by atoms with Gasteiger partial charge in [-0.15, -0.1) is 0 Å². The van der Waals surface area contributed by atoms with E-state index in [1.54, 1.807) is 0 Å². The largest absolute Gasteiger partial charge is 0.466 e. The summed E-state index contributed by atoms with van der Waals surface area (Å²) in [7, 11) is 4.06. The Balaban J connectivity index is 4.55. The highest BCUT2D eigenvalue weighted by atomic mass is 16.5. The summed E-state index contributed by atoms with van der Waals surface area (Å²) in [5.41, 5.74) is -0.935. The summed E-state index contributed by atoms with van der Waals surface area (Å²) in [6, 6.07) is 0. The lowest BCUT2D eigenvalue weighted by Crippen LogP contribution is -2.27. The monoisotopic (exact) mass is 724 g/mol. The molecule has 0 unspecified atom stereocenters. The van der Waals surface area contributed by atoms with E-state index >= 15 is 0 Å². The van der Waals surface area contributed by atoms with Crippen LogP contribution in [0.5, 0.6) is 0 Å². The molecule has 0 aliphatic carbocycles. The van der Waals surface area contributed by atoms with E-state index in [0.717, 1.165) is 103 Å². The SMILES string of the molecule is CCCCCCCCCOC(=O)C(C)(C)CCCCCC(CCCCCC(C)(C)C(=O)OCCCCCCCCC)CC(=O)OCCCN(C)C. The minimum absolute atomic E-state index is 0.0759. The zero-order valence-corrected chi connectivity index (χ0v) is 35.2. The second-order valence-electron chi connectivity index (χ2n) is 16.9. The van der Waals surface area contributed by atoms with E-state index < -0.39 is 10.8 Å². The van der Waals surface area contributed by atoms with Crippen LogP contribution in [-0.4, -0.2) is 63.3 Å². The molecule has 51 heavy (non-hydrogen) atoms. The maximum atomic E-state index is 12.8. The van der Waals surface area contributed by atoms with Gasteiger partial charge in [0.25, 0.3) is 0 Å². The van der Waals surface area contributed by atoms with Crippen molar-refractivity contribution in [2.24, 2.45) is 16.7 Å². The molecule has 0 aromatic carbocycles. The molecule has 0 fully saturated rings. The number of ether oxygens (including phenoxy) is 3. The van der Waals surface area contributed by atoms with E-state index in [9.17, 15) is 14.4 Å². The number of carbonyl (C=O) groups excluding carboxylic acids is 3. The normalized spacial score (nSPS) is 12.1. The van der Waals surface area contributed by atoms with E-state index in [1.165, 1.54) is 64.2 Å². The van der Waals surface area contributed by atoms with Crippen LogP contribution in [0.15, 0.2) is 0 Å². The molecule has 302 valence electrons. The summed E-state index contributed by atoms with van der Waals surface area (Å²) >= 11 is 0. The van der Waals surface area contributed by atoms with Crippen LogP contribution < -0.4 is 0 Å². The minimum Gasteiger partial charge on any atom is -0.466 e. The van der Waals surface area contributed by atoms with Crippen molar-refractivity contribution >= 4 is 17.9 Å². The van der Waals surface area contributed by atoms with Gasteiger partial charge >= 0.3 is 17.9 Å². The molecule has 0 radical (unpaired) electrons. The first-order valence-corrected chi connectivity index (χ1v) is 21.5. The van der Waals surface area contributed by atoms with Gasteiger partial charge in [0.05, 0.1) is 30.7 Å². The molecule has 0 saturated heterocycles. The topological polar surface area (TPSA) is 82.1 Å². The molecular weight excluding hydrogens is 638 g/mol. The quantitative estimate of drug-likeness (QED) is 0.0361. The van der Waals surface area contributed by atoms with Crippen molar-refractivity contribution < 1.29 is 28.6 Å². The van der Waals surface area contributed by atoms with Gasteiger partial charge in [-0.3, -0.25) is 14.4 Å². The highest BCUT2D eigenvalue weighted by Crippen LogP contribution is 2.29. The van der Waals surface area contributed by atoms with E-state index in [1.807, 2.05) is 41.8 Å². The Kier molecular flexibility index (Phi) is 30.8. The zero-order valence-electron chi connectivity index (χ0n) is 35.2. The van der Waals surface area contributed by atoms with Crippen molar-refractivity contribution in [2.45, 2.75) is 208 Å². The number of hydrogen-bond acceptors (Lipinski definition) is 7. The Labute approximate surface area is 316 Å². The Hall–Kier alpha value is -1.63. The van der Waals surface area contributed by atoms with Gasteiger partial charge in [-0.05, 0) is 92.7 Å². The lowest BCUT2D eigenvalue weighted by molar-refractivity contribution is -0.155. The second kappa shape index (κ2) is 31.9. The van der Waals surface area contributed by atoms with Crippen molar-refractivity contribution in [1.29, 1.82) is 0 Å². The number of carbonyl (C=O) groups is 3. The maximum Gasteiger partial charge on any atom is 0.311 e. The van der Waals surface area contributed by atoms with Crippen LogP contribution in [0, 0.1) is 16.7 Å². The van der Waals surface area contributed by atoms with Gasteiger partial charge in [0, 0.05) is 13.0 Å². The third-order valence-corrected chi connectivity index (χ3v) is 10.4. The predicted octanol–water partition coefficient (Wildman–Crippen LogP) is 12.0. The van der Waals surface area contributed by atoms with Crippen LogP contribution in [0.2, 0.25) is 0 Å². The Bertz CT molecular complexity index is 801. The molecule has 0 N–H and O–H groups in total. The molecule has 0 saturated carbocycles. The summed E-state index contributed by atoms with van der Waals surface area (Å²) in [6.45, 7) is 14.9. The van der Waals surface area contributed by atoms with E-state index in [-0.39, 0.29) is 17.9 Å². The van der Waals surface area contributed by atoms with E-state index in [0.29, 0.717) is 32.2 Å². The highest BCUT2D eigenvalue weighted by molar-refractivity contribution is 5.76. The predicted molar refractivity (Wildman–Crippen MR) is 214 cm³/mol. The fourth-order valence-electron chi connectivity index (χ4n) is 6.61. The van der Waals surface area contributed by atoms with Crippen molar-refractivity contribution in [3.8, 4) is 0 Å². The highest BCUT2D eigenvalue weighted by Gasteiger charge is 2.29. The Morgan fingerprint density at radius 3 is 1.27 bits per heavy atom. The molecule has 0 aromatic rings. The van der Waals surface area contributed by atoms with Crippen LogP contribution >= 0.6 is 0 Å². The molecule has 7 heteroatoms. The first-order chi connectivity index (χ1) is 24.4. The summed E-state index contributed by atoms with van der Waals surface area (Å²) in [4.78, 5) is 40.3. The average molecular weight is 724 g/mol. The van der Waals surface area contributed by atoms with Gasteiger partial charge in [0.1, 0.15) is 0 Å². The molecule has 0 aromatic heterocycles. The molecule has 0 aliphatic heterocycles. The van der Waals surface area contributed by atoms with Crippen molar-refractivity contribution in [3.63, 3.8) is 0 Å². The van der Waals surface area contributed by atoms with Crippen LogP contribution in [-0.2, 0) is 28.6 Å². The molecule has 0 atom stereocenters. The fourth-order valence-corrected chi connectivity index (χ4v) is 6.61. The number of rotatable bonds is 36. The summed E-state index contributed by atoms with van der Waals surface area (Å²) < 4.78 is 16.9. The number of unbranched alkanes of at least 4 members (excludes halogenated alkanes) is 16. The van der Waals surface area contributed by atoms with Crippen LogP contribution in [0.1, 0.15) is 208 Å². The molecule has 0 amide bonds. The molecule has 0 heterocycles. The number of hydrogen-bond donors (Lipinski definition) is 0. The van der Waals surface area contributed by atoms with Crippen LogP contribution in [0.3, 0.4) is 0 Å². The fraction of sp³-hybridized carbons (Fsp3) is 0.932. The third kappa shape index (κ3) is 29.5. The first-order valence-electron chi connectivity index (χ1n) is 21.5. The van der Waals surface area contributed by atoms with Gasteiger partial charge < -0.3 is 19.1 Å². The van der Waals surface area contributed by atoms with Crippen LogP contribution in [0.25, 0.3) is 0 Å². The molecular formula is C44H85NO6. The number of esters is 3. The number of nitrogens with zero attached hydrogens (tertiary/aromatic N) is 1. The molecule has 0 bridgehead atoms. The summed E-state index contributed by atoms with van der Waals surface area (Å²) in [5.74, 6) is 0.0561. The maximum absolute atomic E-state index is 12.8. The Morgan fingerprint density at radius 1 is 0.490 bits per heavy atom. The van der Waals surface area contributed by atoms with Crippen molar-refractivity contribution in [1.82, 2.24) is 4.90 Å². The average Bonchev–Trinajstić information content (AvgIpc) is 3.08. The zero-order chi connectivity index (χ0) is 38.2. The standard InChI is InChI=1S/C44H85NO6/c1-9-11-13-15-17-19-27-35-50-41(47)43(3,4)32-25-21-23-30-39(38-40(46)49-37-29-34-45(7)8)31-24-22-26-33-44(5,6)42(48)51-36-28-20-18-16-14-12-10-2/h39H,9-38H2,1-8H3. The van der Waals surface area contributed by atoms with Crippen LogP contribution in [0.4, 0.5) is 0 Å². The smallest absolute Gasteiger partial charge is 0.311 e. The minimum atomic E-state index is -0.467. The molecule has 0 aliphatic rings. The lowest BCUT2D eigenvalue weighted by atomic mass is 9.85. The Morgan fingerprint density at radius 2 is 0.863 bits per heavy atom. The van der Waals surface area contributed by atoms with Gasteiger partial charge in [-0.25, -0.2) is 0 Å². The summed E-state index contributed by atoms with van der Waals surface area (Å²) in [5, 5.41) is 0. The van der Waals surface area contributed by atoms with Gasteiger partial charge in [-0.1, -0.05) is 129 Å². The third-order valence-electron chi connectivity index (χ3n) is 10.4. The molecule has 7 nitrogen and oxygen atoms in total. The molecule has 0 spiro atoms. The first kappa shape index (κ1) is 49.4. The lowest BCUT2D eigenvalue weighted by Gasteiger charge is -2.23. The van der Waals surface area contributed by atoms with Gasteiger partial charge in [0.15, 0.2) is 0 Å². The van der Waals surface area contributed by atoms with E-state index in [4.69, 9.17) is 14.2 Å². The van der Waals surface area contributed by atoms with Crippen molar-refractivity contribution in [2.75, 3.05) is 40.5 Å².